The Morgan fingerprint density at radius 1 is 1.06 bits per heavy atom. The predicted octanol–water partition coefficient (Wildman–Crippen LogP) is 3.74. The molecule has 0 radical (unpaired) electrons. The van der Waals surface area contributed by atoms with Crippen LogP contribution in [0.3, 0.4) is 0 Å². The number of hydrogen-bond donors (Lipinski definition) is 0. The van der Waals surface area contributed by atoms with Gasteiger partial charge in [-0.25, -0.2) is 0 Å². The van der Waals surface area contributed by atoms with Crippen molar-refractivity contribution in [2.45, 2.75) is 45.1 Å². The third-order valence-electron chi connectivity index (χ3n) is 3.19. The maximum absolute atomic E-state index is 2.36. The highest BCUT2D eigenvalue weighted by atomic mass is 15.1. The van der Waals surface area contributed by atoms with E-state index in [9.17, 15) is 0 Å². The lowest BCUT2D eigenvalue weighted by atomic mass is 10.00. The summed E-state index contributed by atoms with van der Waals surface area (Å²) in [7, 11) is 4.39. The fourth-order valence-corrected chi connectivity index (χ4v) is 2.06. The first kappa shape index (κ1) is 13.2. The largest absolute Gasteiger partial charge is 0.306 e. The summed E-state index contributed by atoms with van der Waals surface area (Å²) in [4.78, 5) is 2.36. The second kappa shape index (κ2) is 7.45. The van der Waals surface area contributed by atoms with E-state index >= 15 is 0 Å². The normalized spacial score (nSPS) is 13.0. The highest BCUT2D eigenvalue weighted by Crippen LogP contribution is 2.13. The first-order valence-electron chi connectivity index (χ1n) is 6.44. The molecule has 0 heterocycles. The molecule has 0 N–H and O–H groups in total. The van der Waals surface area contributed by atoms with Gasteiger partial charge in [0.2, 0.25) is 0 Å². The third kappa shape index (κ3) is 4.80. The van der Waals surface area contributed by atoms with Crippen molar-refractivity contribution >= 4 is 0 Å². The van der Waals surface area contributed by atoms with Crippen LogP contribution in [-0.2, 0) is 6.42 Å². The van der Waals surface area contributed by atoms with Crippen LogP contribution in [0.4, 0.5) is 0 Å². The molecular weight excluding hydrogens is 194 g/mol. The van der Waals surface area contributed by atoms with Gasteiger partial charge in [0.1, 0.15) is 0 Å². The highest BCUT2D eigenvalue weighted by Gasteiger charge is 2.11. The standard InChI is InChI=1S/C15H25N/c1-4-5-7-12-15(16(2)3)13-14-10-8-6-9-11-14/h6,8-11,15H,4-5,7,12-13H2,1-3H3. The predicted molar refractivity (Wildman–Crippen MR) is 71.8 cm³/mol. The first-order valence-corrected chi connectivity index (χ1v) is 6.44. The van der Waals surface area contributed by atoms with E-state index < -0.39 is 0 Å². The van der Waals surface area contributed by atoms with Crippen LogP contribution in [0.1, 0.15) is 38.2 Å². The fourth-order valence-electron chi connectivity index (χ4n) is 2.06. The second-order valence-corrected chi connectivity index (χ2v) is 4.80. The Bertz CT molecular complexity index is 266. The van der Waals surface area contributed by atoms with Crippen molar-refractivity contribution in [3.8, 4) is 0 Å². The fraction of sp³-hybridized carbons (Fsp3) is 0.600. The molecule has 0 aromatic heterocycles. The molecule has 1 rings (SSSR count). The molecule has 0 saturated heterocycles. The summed E-state index contributed by atoms with van der Waals surface area (Å²) in [5, 5.41) is 0. The van der Waals surface area contributed by atoms with Crippen LogP contribution in [-0.4, -0.2) is 25.0 Å². The van der Waals surface area contributed by atoms with Crippen molar-refractivity contribution in [1.29, 1.82) is 0 Å². The van der Waals surface area contributed by atoms with Gasteiger partial charge in [-0.1, -0.05) is 56.5 Å². The smallest absolute Gasteiger partial charge is 0.0130 e. The van der Waals surface area contributed by atoms with Crippen LogP contribution >= 0.6 is 0 Å². The molecule has 1 unspecified atom stereocenters. The summed E-state index contributed by atoms with van der Waals surface area (Å²) >= 11 is 0. The van der Waals surface area contributed by atoms with Crippen LogP contribution in [0, 0.1) is 0 Å². The van der Waals surface area contributed by atoms with Crippen LogP contribution in [0.5, 0.6) is 0 Å². The molecule has 0 amide bonds. The Balaban J connectivity index is 2.45. The monoisotopic (exact) mass is 219 g/mol. The molecule has 0 bridgehead atoms. The molecule has 0 saturated carbocycles. The van der Waals surface area contributed by atoms with Gasteiger partial charge in [-0.2, -0.15) is 0 Å². The SMILES string of the molecule is CCCCCC(Cc1ccccc1)N(C)C. The summed E-state index contributed by atoms with van der Waals surface area (Å²) in [6.07, 6.45) is 6.52. The molecule has 0 aliphatic rings. The number of nitrogens with zero attached hydrogens (tertiary/aromatic N) is 1. The zero-order valence-electron chi connectivity index (χ0n) is 10.9. The molecule has 1 aromatic carbocycles. The van der Waals surface area contributed by atoms with E-state index in [0.717, 1.165) is 0 Å². The average Bonchev–Trinajstić information content (AvgIpc) is 2.29. The lowest BCUT2D eigenvalue weighted by molar-refractivity contribution is 0.270. The molecule has 0 fully saturated rings. The van der Waals surface area contributed by atoms with Crippen molar-refractivity contribution in [2.75, 3.05) is 14.1 Å². The zero-order valence-corrected chi connectivity index (χ0v) is 10.9. The van der Waals surface area contributed by atoms with Gasteiger partial charge >= 0.3 is 0 Å². The van der Waals surface area contributed by atoms with Crippen molar-refractivity contribution in [1.82, 2.24) is 4.90 Å². The van der Waals surface area contributed by atoms with Gasteiger partial charge < -0.3 is 4.90 Å². The second-order valence-electron chi connectivity index (χ2n) is 4.80. The maximum atomic E-state index is 2.36. The topological polar surface area (TPSA) is 3.24 Å². The number of likely N-dealkylation sites (N-methyl/N-ethyl adjacent to an activating group) is 1. The quantitative estimate of drug-likeness (QED) is 0.631. The highest BCUT2D eigenvalue weighted by molar-refractivity contribution is 5.15. The molecule has 90 valence electrons. The van der Waals surface area contributed by atoms with E-state index in [1.54, 1.807) is 0 Å². The van der Waals surface area contributed by atoms with Gasteiger partial charge in [0, 0.05) is 6.04 Å². The van der Waals surface area contributed by atoms with E-state index in [0.29, 0.717) is 6.04 Å². The van der Waals surface area contributed by atoms with Crippen molar-refractivity contribution in [2.24, 2.45) is 0 Å². The summed E-state index contributed by atoms with van der Waals surface area (Å²) in [6, 6.07) is 11.5. The molecule has 1 aromatic rings. The van der Waals surface area contributed by atoms with Gasteiger partial charge in [0.25, 0.3) is 0 Å². The van der Waals surface area contributed by atoms with Gasteiger partial charge in [0.15, 0.2) is 0 Å². The minimum Gasteiger partial charge on any atom is -0.306 e. The number of benzene rings is 1. The van der Waals surface area contributed by atoms with Crippen LogP contribution < -0.4 is 0 Å². The Morgan fingerprint density at radius 2 is 1.75 bits per heavy atom. The van der Waals surface area contributed by atoms with Gasteiger partial charge in [-0.05, 0) is 32.5 Å². The van der Waals surface area contributed by atoms with Crippen molar-refractivity contribution in [3.63, 3.8) is 0 Å². The average molecular weight is 219 g/mol. The summed E-state index contributed by atoms with van der Waals surface area (Å²) < 4.78 is 0. The first-order chi connectivity index (χ1) is 7.74. The number of rotatable bonds is 7. The molecule has 1 atom stereocenters. The van der Waals surface area contributed by atoms with Gasteiger partial charge in [-0.15, -0.1) is 0 Å². The van der Waals surface area contributed by atoms with Crippen LogP contribution in [0.2, 0.25) is 0 Å². The Morgan fingerprint density at radius 3 is 2.31 bits per heavy atom. The number of hydrogen-bond acceptors (Lipinski definition) is 1. The maximum Gasteiger partial charge on any atom is 0.0130 e. The van der Waals surface area contributed by atoms with E-state index in [1.165, 1.54) is 37.7 Å². The lowest BCUT2D eigenvalue weighted by Gasteiger charge is -2.24. The molecule has 1 heteroatoms. The zero-order chi connectivity index (χ0) is 11.8. The number of unbranched alkanes of at least 4 members (excludes halogenated alkanes) is 2. The Hall–Kier alpha value is -0.820. The summed E-state index contributed by atoms with van der Waals surface area (Å²) in [5.74, 6) is 0. The molecular formula is C15H25N. The minimum atomic E-state index is 0.689. The molecule has 1 nitrogen and oxygen atoms in total. The van der Waals surface area contributed by atoms with Crippen molar-refractivity contribution < 1.29 is 0 Å². The van der Waals surface area contributed by atoms with E-state index in [1.807, 2.05) is 0 Å². The third-order valence-corrected chi connectivity index (χ3v) is 3.19. The molecule has 0 aliphatic heterocycles. The van der Waals surface area contributed by atoms with E-state index in [2.05, 4.69) is 56.3 Å². The molecule has 0 aliphatic carbocycles. The minimum absolute atomic E-state index is 0.689. The van der Waals surface area contributed by atoms with Gasteiger partial charge in [0.05, 0.1) is 0 Å². The van der Waals surface area contributed by atoms with Crippen molar-refractivity contribution in [3.05, 3.63) is 35.9 Å². The van der Waals surface area contributed by atoms with E-state index in [-0.39, 0.29) is 0 Å². The molecule has 16 heavy (non-hydrogen) atoms. The molecule has 0 spiro atoms. The van der Waals surface area contributed by atoms with E-state index in [4.69, 9.17) is 0 Å². The van der Waals surface area contributed by atoms with Crippen LogP contribution in [0.25, 0.3) is 0 Å². The Kier molecular flexibility index (Phi) is 6.17. The van der Waals surface area contributed by atoms with Crippen LogP contribution in [0.15, 0.2) is 30.3 Å². The summed E-state index contributed by atoms with van der Waals surface area (Å²) in [6.45, 7) is 2.27. The Labute approximate surface area is 100 Å². The lowest BCUT2D eigenvalue weighted by Crippen LogP contribution is -2.30. The summed E-state index contributed by atoms with van der Waals surface area (Å²) in [5.41, 5.74) is 1.46. The van der Waals surface area contributed by atoms with Gasteiger partial charge in [-0.3, -0.25) is 0 Å².